The third-order valence-corrected chi connectivity index (χ3v) is 2.86. The van der Waals surface area contributed by atoms with E-state index in [4.69, 9.17) is 4.74 Å². The molecule has 2 aromatic rings. The van der Waals surface area contributed by atoms with Crippen LogP contribution in [-0.2, 0) is 6.54 Å². The number of hydrogen-bond acceptors (Lipinski definition) is 3. The quantitative estimate of drug-likeness (QED) is 0.824. The van der Waals surface area contributed by atoms with Gasteiger partial charge in [0.25, 0.3) is 0 Å². The summed E-state index contributed by atoms with van der Waals surface area (Å²) >= 11 is 0. The molecule has 3 nitrogen and oxygen atoms in total. The van der Waals surface area contributed by atoms with E-state index < -0.39 is 17.5 Å². The van der Waals surface area contributed by atoms with Gasteiger partial charge in [0.1, 0.15) is 5.82 Å². The average molecular weight is 297 g/mol. The van der Waals surface area contributed by atoms with Crippen molar-refractivity contribution in [2.45, 2.75) is 13.5 Å². The van der Waals surface area contributed by atoms with Gasteiger partial charge in [-0.15, -0.1) is 0 Å². The summed E-state index contributed by atoms with van der Waals surface area (Å²) in [4.78, 5) is 0. The van der Waals surface area contributed by atoms with Gasteiger partial charge >= 0.3 is 0 Å². The van der Waals surface area contributed by atoms with Crippen LogP contribution in [-0.4, -0.2) is 11.7 Å². The molecule has 2 N–H and O–H groups in total. The van der Waals surface area contributed by atoms with Crippen molar-refractivity contribution in [2.75, 3.05) is 11.9 Å². The second-order valence-corrected chi connectivity index (χ2v) is 4.30. The maximum Gasteiger partial charge on any atom is 0.162 e. The van der Waals surface area contributed by atoms with E-state index >= 15 is 0 Å². The highest BCUT2D eigenvalue weighted by Crippen LogP contribution is 2.30. The lowest BCUT2D eigenvalue weighted by atomic mass is 10.1. The molecule has 0 aliphatic heterocycles. The van der Waals surface area contributed by atoms with Crippen molar-refractivity contribution in [1.29, 1.82) is 0 Å². The van der Waals surface area contributed by atoms with Crippen LogP contribution in [0.2, 0.25) is 0 Å². The highest BCUT2D eigenvalue weighted by molar-refractivity contribution is 5.50. The number of halogens is 3. The Hall–Kier alpha value is -2.37. The first-order valence-electron chi connectivity index (χ1n) is 6.35. The van der Waals surface area contributed by atoms with Crippen molar-refractivity contribution in [1.82, 2.24) is 0 Å². The Kier molecular flexibility index (Phi) is 4.57. The van der Waals surface area contributed by atoms with E-state index in [-0.39, 0.29) is 18.0 Å². The van der Waals surface area contributed by atoms with Crippen molar-refractivity contribution in [2.24, 2.45) is 0 Å². The van der Waals surface area contributed by atoms with Crippen LogP contribution in [0.25, 0.3) is 0 Å². The fraction of sp³-hybridized carbons (Fsp3) is 0.200. The van der Waals surface area contributed by atoms with E-state index in [0.29, 0.717) is 24.0 Å². The topological polar surface area (TPSA) is 41.5 Å². The third-order valence-electron chi connectivity index (χ3n) is 2.86. The second-order valence-electron chi connectivity index (χ2n) is 4.30. The van der Waals surface area contributed by atoms with Crippen LogP contribution in [0.15, 0.2) is 30.3 Å². The van der Waals surface area contributed by atoms with Gasteiger partial charge in [0.2, 0.25) is 0 Å². The summed E-state index contributed by atoms with van der Waals surface area (Å²) in [5.74, 6) is -3.07. The molecule has 0 bridgehead atoms. The van der Waals surface area contributed by atoms with E-state index in [1.165, 1.54) is 0 Å². The number of hydrogen-bond donors (Lipinski definition) is 2. The van der Waals surface area contributed by atoms with E-state index in [1.54, 1.807) is 25.1 Å². The number of aromatic hydroxyl groups is 1. The lowest BCUT2D eigenvalue weighted by molar-refractivity contribution is 0.317. The Morgan fingerprint density at radius 1 is 1.10 bits per heavy atom. The minimum absolute atomic E-state index is 0.0364. The molecule has 0 aromatic heterocycles. The first kappa shape index (κ1) is 15.0. The van der Waals surface area contributed by atoms with Gasteiger partial charge in [0.15, 0.2) is 23.1 Å². The van der Waals surface area contributed by atoms with Crippen molar-refractivity contribution in [3.63, 3.8) is 0 Å². The Morgan fingerprint density at radius 2 is 1.81 bits per heavy atom. The smallest absolute Gasteiger partial charge is 0.162 e. The maximum absolute atomic E-state index is 13.5. The highest BCUT2D eigenvalue weighted by atomic mass is 19.2. The fourth-order valence-electron chi connectivity index (χ4n) is 1.83. The molecule has 0 unspecified atom stereocenters. The van der Waals surface area contributed by atoms with Gasteiger partial charge in [-0.05, 0) is 13.0 Å². The van der Waals surface area contributed by atoms with Crippen molar-refractivity contribution >= 4 is 5.69 Å². The molecule has 0 atom stereocenters. The molecule has 0 spiro atoms. The Bertz CT molecular complexity index is 647. The largest absolute Gasteiger partial charge is 0.504 e. The van der Waals surface area contributed by atoms with Crippen LogP contribution in [0.4, 0.5) is 18.9 Å². The van der Waals surface area contributed by atoms with Gasteiger partial charge in [0, 0.05) is 24.2 Å². The zero-order chi connectivity index (χ0) is 15.4. The van der Waals surface area contributed by atoms with Crippen LogP contribution in [0, 0.1) is 17.5 Å². The Labute approximate surface area is 120 Å². The molecule has 0 radical (unpaired) electrons. The molecule has 0 heterocycles. The monoisotopic (exact) mass is 297 g/mol. The third kappa shape index (κ3) is 3.39. The summed E-state index contributed by atoms with van der Waals surface area (Å²) < 4.78 is 44.6. The summed E-state index contributed by atoms with van der Waals surface area (Å²) in [6, 6.07) is 6.08. The number of anilines is 1. The number of benzene rings is 2. The molecule has 6 heteroatoms. The second kappa shape index (κ2) is 6.39. The average Bonchev–Trinajstić information content (AvgIpc) is 2.45. The number of phenolic OH excluding ortho intramolecular Hbond substituents is 1. The summed E-state index contributed by atoms with van der Waals surface area (Å²) in [7, 11) is 0. The number of nitrogens with one attached hydrogen (secondary N) is 1. The van der Waals surface area contributed by atoms with Gasteiger partial charge in [-0.3, -0.25) is 0 Å². The van der Waals surface area contributed by atoms with Gasteiger partial charge in [-0.1, -0.05) is 12.1 Å². The highest BCUT2D eigenvalue weighted by Gasteiger charge is 2.11. The van der Waals surface area contributed by atoms with Crippen LogP contribution < -0.4 is 10.1 Å². The van der Waals surface area contributed by atoms with Gasteiger partial charge in [-0.25, -0.2) is 13.2 Å². The Morgan fingerprint density at radius 3 is 2.52 bits per heavy atom. The predicted molar refractivity (Wildman–Crippen MR) is 72.9 cm³/mol. The van der Waals surface area contributed by atoms with Crippen LogP contribution in [0.1, 0.15) is 12.5 Å². The molecular formula is C15H14F3NO2. The van der Waals surface area contributed by atoms with Crippen molar-refractivity contribution in [3.8, 4) is 11.5 Å². The first-order valence-corrected chi connectivity index (χ1v) is 6.35. The zero-order valence-corrected chi connectivity index (χ0v) is 11.3. The van der Waals surface area contributed by atoms with Crippen LogP contribution in [0.5, 0.6) is 11.5 Å². The van der Waals surface area contributed by atoms with Crippen molar-refractivity contribution in [3.05, 3.63) is 53.3 Å². The first-order chi connectivity index (χ1) is 10.0. The summed E-state index contributed by atoms with van der Waals surface area (Å²) in [5, 5.41) is 12.6. The lowest BCUT2D eigenvalue weighted by Gasteiger charge is -2.12. The molecule has 2 rings (SSSR count). The summed E-state index contributed by atoms with van der Waals surface area (Å²) in [5.41, 5.74) is 0.264. The van der Waals surface area contributed by atoms with Gasteiger partial charge in [0.05, 0.1) is 12.3 Å². The molecule has 0 saturated heterocycles. The van der Waals surface area contributed by atoms with Crippen LogP contribution >= 0.6 is 0 Å². The molecular weight excluding hydrogens is 283 g/mol. The van der Waals surface area contributed by atoms with E-state index in [9.17, 15) is 18.3 Å². The molecule has 0 saturated carbocycles. The summed E-state index contributed by atoms with van der Waals surface area (Å²) in [6.07, 6.45) is 0. The minimum atomic E-state index is -1.25. The number of para-hydroxylation sites is 1. The molecule has 0 aliphatic carbocycles. The van der Waals surface area contributed by atoms with Gasteiger partial charge < -0.3 is 15.2 Å². The summed E-state index contributed by atoms with van der Waals surface area (Å²) in [6.45, 7) is 2.21. The number of phenols is 1. The molecule has 21 heavy (non-hydrogen) atoms. The molecule has 0 amide bonds. The zero-order valence-electron chi connectivity index (χ0n) is 11.3. The molecule has 0 fully saturated rings. The van der Waals surface area contributed by atoms with Crippen molar-refractivity contribution < 1.29 is 23.0 Å². The standard InChI is InChI=1S/C15H14F3NO2/c1-2-21-14-5-3-4-9(15(14)20)8-19-13-7-11(17)10(16)6-12(13)18/h3-7,19-20H,2,8H2,1H3. The van der Waals surface area contributed by atoms with E-state index in [2.05, 4.69) is 5.32 Å². The van der Waals surface area contributed by atoms with Gasteiger partial charge in [-0.2, -0.15) is 0 Å². The minimum Gasteiger partial charge on any atom is -0.504 e. The normalized spacial score (nSPS) is 10.5. The maximum atomic E-state index is 13.5. The SMILES string of the molecule is CCOc1cccc(CNc2cc(F)c(F)cc2F)c1O. The fourth-order valence-corrected chi connectivity index (χ4v) is 1.83. The number of rotatable bonds is 5. The Balaban J connectivity index is 2.17. The molecule has 0 aliphatic rings. The molecule has 112 valence electrons. The van der Waals surface area contributed by atoms with E-state index in [0.717, 1.165) is 6.07 Å². The lowest BCUT2D eigenvalue weighted by Crippen LogP contribution is -2.04. The van der Waals surface area contributed by atoms with Crippen LogP contribution in [0.3, 0.4) is 0 Å². The predicted octanol–water partition coefficient (Wildman–Crippen LogP) is 3.82. The molecule has 2 aromatic carbocycles. The van der Waals surface area contributed by atoms with E-state index in [1.807, 2.05) is 0 Å². The number of ether oxygens (including phenoxy) is 1.